The van der Waals surface area contributed by atoms with E-state index in [2.05, 4.69) is 15.3 Å². The number of anilines is 2. The molecule has 0 bridgehead atoms. The van der Waals surface area contributed by atoms with E-state index in [4.69, 9.17) is 4.74 Å². The first-order valence-corrected chi connectivity index (χ1v) is 9.98. The molecule has 1 aliphatic carbocycles. The van der Waals surface area contributed by atoms with Gasteiger partial charge >= 0.3 is 18.4 Å². The zero-order valence-electron chi connectivity index (χ0n) is 17.0. The largest absolute Gasteiger partial charge is 0.437 e. The van der Waals surface area contributed by atoms with Crippen LogP contribution >= 0.6 is 0 Å². The maximum Gasteiger partial charge on any atom is 0.437 e. The van der Waals surface area contributed by atoms with E-state index in [1.165, 1.54) is 0 Å². The molecule has 0 radical (unpaired) electrons. The van der Waals surface area contributed by atoms with Crippen LogP contribution in [0.5, 0.6) is 5.75 Å². The Bertz CT molecular complexity index is 989. The average Bonchev–Trinajstić information content (AvgIpc) is 2.74. The number of halogens is 7. The maximum atomic E-state index is 14.1. The summed E-state index contributed by atoms with van der Waals surface area (Å²) in [5.41, 5.74) is -4.05. The van der Waals surface area contributed by atoms with Crippen LogP contribution in [0.25, 0.3) is 0 Å². The highest BCUT2D eigenvalue weighted by Gasteiger charge is 2.39. The summed E-state index contributed by atoms with van der Waals surface area (Å²) in [6.07, 6.45) is -5.80. The van der Waals surface area contributed by atoms with Crippen LogP contribution in [-0.4, -0.2) is 22.6 Å². The van der Waals surface area contributed by atoms with Gasteiger partial charge in [0.2, 0.25) is 5.95 Å². The van der Waals surface area contributed by atoms with Crippen LogP contribution in [0.4, 0.5) is 47.2 Å². The molecule has 180 valence electrons. The van der Waals surface area contributed by atoms with Gasteiger partial charge in [0.15, 0.2) is 17.3 Å². The minimum absolute atomic E-state index is 0.207. The van der Waals surface area contributed by atoms with Crippen LogP contribution in [0.15, 0.2) is 24.4 Å². The number of rotatable bonds is 5. The monoisotopic (exact) mass is 480 g/mol. The van der Waals surface area contributed by atoms with Crippen LogP contribution in [0.3, 0.4) is 0 Å². The van der Waals surface area contributed by atoms with E-state index in [0.29, 0.717) is 12.3 Å². The summed E-state index contributed by atoms with van der Waals surface area (Å²) in [5.74, 6) is -3.36. The van der Waals surface area contributed by atoms with Crippen LogP contribution in [0, 0.1) is 11.7 Å². The van der Waals surface area contributed by atoms with Crippen LogP contribution in [-0.2, 0) is 12.4 Å². The predicted molar refractivity (Wildman–Crippen MR) is 102 cm³/mol. The van der Waals surface area contributed by atoms with Gasteiger partial charge in [-0.2, -0.15) is 26.3 Å². The second-order valence-electron chi connectivity index (χ2n) is 7.47. The van der Waals surface area contributed by atoms with E-state index in [-0.39, 0.29) is 12.5 Å². The number of aromatic nitrogens is 2. The molecule has 0 atom stereocenters. The minimum atomic E-state index is -5.09. The smallest absolute Gasteiger partial charge is 0.406 e. The van der Waals surface area contributed by atoms with E-state index in [1.807, 2.05) is 5.32 Å². The summed E-state index contributed by atoms with van der Waals surface area (Å²) in [5, 5.41) is 4.40. The second-order valence-corrected chi connectivity index (χ2v) is 7.47. The van der Waals surface area contributed by atoms with Crippen molar-refractivity contribution >= 4 is 17.7 Å². The normalized spacial score (nSPS) is 15.2. The molecule has 1 fully saturated rings. The molecule has 0 unspecified atom stereocenters. The Morgan fingerprint density at radius 1 is 1.06 bits per heavy atom. The van der Waals surface area contributed by atoms with Crippen molar-refractivity contribution in [3.63, 3.8) is 0 Å². The minimum Gasteiger partial charge on any atom is -0.406 e. The number of nitrogens with one attached hydrogen (secondary N) is 2. The first kappa shape index (κ1) is 24.5. The molecule has 1 saturated carbocycles. The van der Waals surface area contributed by atoms with Gasteiger partial charge in [0.1, 0.15) is 0 Å². The molecule has 1 heterocycles. The SMILES string of the molecule is O=C(NCC1CCCCC1)Oc1cnc(Nc2cccc(C(F)(F)F)c2F)nc1C(F)(F)F. The zero-order valence-corrected chi connectivity index (χ0v) is 17.0. The molecule has 1 amide bonds. The van der Waals surface area contributed by atoms with Gasteiger partial charge in [0, 0.05) is 6.54 Å². The van der Waals surface area contributed by atoms with E-state index in [0.717, 1.165) is 44.2 Å². The van der Waals surface area contributed by atoms with Crippen molar-refractivity contribution in [2.45, 2.75) is 44.5 Å². The van der Waals surface area contributed by atoms with Gasteiger partial charge in [-0.3, -0.25) is 0 Å². The van der Waals surface area contributed by atoms with Gasteiger partial charge in [-0.05, 0) is 30.9 Å². The molecule has 33 heavy (non-hydrogen) atoms. The number of alkyl halides is 6. The third-order valence-electron chi connectivity index (χ3n) is 5.04. The molecule has 6 nitrogen and oxygen atoms in total. The topological polar surface area (TPSA) is 76.1 Å². The standard InChI is InChI=1S/C20H19F7N4O2/c21-15-12(19(22,23)24)7-4-8-13(15)30-17-28-10-14(16(31-17)20(25,26)27)33-18(32)29-9-11-5-2-1-3-6-11/h4,7-8,10-11H,1-3,5-6,9H2,(H,29,32)(H,28,30,31). The van der Waals surface area contributed by atoms with Gasteiger partial charge in [-0.25, -0.2) is 19.2 Å². The Kier molecular flexibility index (Phi) is 7.28. The number of carbonyl (C=O) groups is 1. The molecule has 3 rings (SSSR count). The molecule has 1 aliphatic rings. The summed E-state index contributed by atoms with van der Waals surface area (Å²) in [6, 6.07) is 2.22. The molecular formula is C20H19F7N4O2. The number of ether oxygens (including phenoxy) is 1. The molecule has 13 heteroatoms. The second kappa shape index (κ2) is 9.79. The van der Waals surface area contributed by atoms with Gasteiger partial charge in [-0.1, -0.05) is 25.3 Å². The Balaban J connectivity index is 1.76. The lowest BCUT2D eigenvalue weighted by atomic mass is 9.89. The number of benzene rings is 1. The molecular weight excluding hydrogens is 461 g/mol. The number of amides is 1. The Labute approximate surface area is 183 Å². The van der Waals surface area contributed by atoms with E-state index in [1.54, 1.807) is 0 Å². The Hall–Kier alpha value is -3.12. The first-order valence-electron chi connectivity index (χ1n) is 9.98. The Morgan fingerprint density at radius 2 is 1.76 bits per heavy atom. The number of hydrogen-bond donors (Lipinski definition) is 2. The summed E-state index contributed by atoms with van der Waals surface area (Å²) in [6.45, 7) is 0.246. The fourth-order valence-corrected chi connectivity index (χ4v) is 3.43. The molecule has 0 saturated heterocycles. The number of carbonyl (C=O) groups excluding carboxylic acids is 1. The summed E-state index contributed by atoms with van der Waals surface area (Å²) >= 11 is 0. The highest BCUT2D eigenvalue weighted by Crippen LogP contribution is 2.37. The first-order chi connectivity index (χ1) is 15.4. The molecule has 2 N–H and O–H groups in total. The highest BCUT2D eigenvalue weighted by atomic mass is 19.4. The molecule has 0 aliphatic heterocycles. The fraction of sp³-hybridized carbons (Fsp3) is 0.450. The van der Waals surface area contributed by atoms with Gasteiger partial charge in [-0.15, -0.1) is 0 Å². The maximum absolute atomic E-state index is 14.1. The van der Waals surface area contributed by atoms with Crippen molar-refractivity contribution < 1.29 is 40.3 Å². The number of nitrogens with zero attached hydrogens (tertiary/aromatic N) is 2. The van der Waals surface area contributed by atoms with Gasteiger partial charge in [0.25, 0.3) is 0 Å². The van der Waals surface area contributed by atoms with Crippen molar-refractivity contribution in [3.05, 3.63) is 41.5 Å². The highest BCUT2D eigenvalue weighted by molar-refractivity contribution is 5.70. The zero-order chi connectivity index (χ0) is 24.2. The fourth-order valence-electron chi connectivity index (χ4n) is 3.43. The summed E-state index contributed by atoms with van der Waals surface area (Å²) < 4.78 is 97.7. The lowest BCUT2D eigenvalue weighted by Gasteiger charge is -2.21. The van der Waals surface area contributed by atoms with Crippen molar-refractivity contribution in [1.29, 1.82) is 0 Å². The lowest BCUT2D eigenvalue weighted by Crippen LogP contribution is -2.33. The van der Waals surface area contributed by atoms with E-state index >= 15 is 0 Å². The summed E-state index contributed by atoms with van der Waals surface area (Å²) in [4.78, 5) is 18.6. The third-order valence-corrected chi connectivity index (χ3v) is 5.04. The van der Waals surface area contributed by atoms with Crippen molar-refractivity contribution in [3.8, 4) is 5.75 Å². The molecule has 0 spiro atoms. The van der Waals surface area contributed by atoms with E-state index < -0.39 is 52.9 Å². The Morgan fingerprint density at radius 3 is 2.39 bits per heavy atom. The quantitative estimate of drug-likeness (QED) is 0.509. The number of hydrogen-bond acceptors (Lipinski definition) is 5. The van der Waals surface area contributed by atoms with Gasteiger partial charge < -0.3 is 15.4 Å². The van der Waals surface area contributed by atoms with Gasteiger partial charge in [0.05, 0.1) is 17.4 Å². The summed E-state index contributed by atoms with van der Waals surface area (Å²) in [7, 11) is 0. The molecule has 1 aromatic heterocycles. The lowest BCUT2D eigenvalue weighted by molar-refractivity contribution is -0.142. The molecule has 1 aromatic carbocycles. The van der Waals surface area contributed by atoms with Crippen LogP contribution in [0.1, 0.15) is 43.4 Å². The third kappa shape index (κ3) is 6.45. The van der Waals surface area contributed by atoms with Crippen molar-refractivity contribution in [2.75, 3.05) is 11.9 Å². The van der Waals surface area contributed by atoms with E-state index in [9.17, 15) is 35.5 Å². The van der Waals surface area contributed by atoms with Crippen LogP contribution < -0.4 is 15.4 Å². The van der Waals surface area contributed by atoms with Crippen molar-refractivity contribution in [2.24, 2.45) is 5.92 Å². The van der Waals surface area contributed by atoms with Crippen LogP contribution in [0.2, 0.25) is 0 Å². The van der Waals surface area contributed by atoms with Crippen molar-refractivity contribution in [1.82, 2.24) is 15.3 Å². The molecule has 2 aromatic rings. The average molecular weight is 480 g/mol. The predicted octanol–water partition coefficient (Wildman–Crippen LogP) is 6.07.